The average Bonchev–Trinajstić information content (AvgIpc) is 2.60. The number of nitrogens with one attached hydrogen (secondary N) is 2. The number of carbonyl (C=O) groups excluding carboxylic acids is 2. The lowest BCUT2D eigenvalue weighted by atomic mass is 9.89. The maximum absolute atomic E-state index is 12.1. The van der Waals surface area contributed by atoms with E-state index >= 15 is 0 Å². The Morgan fingerprint density at radius 1 is 1.21 bits per heavy atom. The van der Waals surface area contributed by atoms with Gasteiger partial charge in [-0.25, -0.2) is 0 Å². The Morgan fingerprint density at radius 3 is 2.71 bits per heavy atom. The summed E-state index contributed by atoms with van der Waals surface area (Å²) in [5.74, 6) is 0.0252. The van der Waals surface area contributed by atoms with Crippen molar-refractivity contribution < 1.29 is 9.59 Å². The van der Waals surface area contributed by atoms with Gasteiger partial charge in [-0.1, -0.05) is 43.5 Å². The number of benzene rings is 1. The van der Waals surface area contributed by atoms with E-state index in [4.69, 9.17) is 5.26 Å². The Morgan fingerprint density at radius 2 is 1.96 bits per heavy atom. The lowest BCUT2D eigenvalue weighted by Gasteiger charge is -2.17. The maximum Gasteiger partial charge on any atom is 0.248 e. The number of nitriles is 1. The summed E-state index contributed by atoms with van der Waals surface area (Å²) >= 11 is 0. The molecule has 1 aliphatic rings. The average molecular weight is 325 g/mol. The van der Waals surface area contributed by atoms with Crippen LogP contribution in [0.25, 0.3) is 0 Å². The molecule has 1 saturated carbocycles. The monoisotopic (exact) mass is 325 g/mol. The van der Waals surface area contributed by atoms with Crippen LogP contribution in [-0.2, 0) is 16.1 Å². The fourth-order valence-corrected chi connectivity index (χ4v) is 2.85. The van der Waals surface area contributed by atoms with Crippen molar-refractivity contribution in [2.24, 2.45) is 5.92 Å². The lowest BCUT2D eigenvalue weighted by Crippen LogP contribution is -2.23. The van der Waals surface area contributed by atoms with Gasteiger partial charge in [0, 0.05) is 12.2 Å². The van der Waals surface area contributed by atoms with Crippen molar-refractivity contribution in [1.29, 1.82) is 5.26 Å². The van der Waals surface area contributed by atoms with E-state index < -0.39 is 0 Å². The summed E-state index contributed by atoms with van der Waals surface area (Å²) in [5, 5.41) is 14.0. The molecule has 0 spiro atoms. The van der Waals surface area contributed by atoms with E-state index in [0.717, 1.165) is 18.4 Å². The quantitative estimate of drug-likeness (QED) is 0.787. The van der Waals surface area contributed by atoms with Crippen LogP contribution in [0.15, 0.2) is 36.4 Å². The molecule has 0 unspecified atom stereocenters. The Balaban J connectivity index is 1.91. The van der Waals surface area contributed by atoms with Gasteiger partial charge in [0.2, 0.25) is 11.8 Å². The van der Waals surface area contributed by atoms with E-state index in [1.54, 1.807) is 12.1 Å². The Bertz CT molecular complexity index is 640. The molecule has 0 aliphatic heterocycles. The Labute approximate surface area is 142 Å². The first kappa shape index (κ1) is 17.7. The summed E-state index contributed by atoms with van der Waals surface area (Å²) in [4.78, 5) is 23.5. The molecule has 1 aromatic carbocycles. The van der Waals surface area contributed by atoms with Gasteiger partial charge in [0.15, 0.2) is 0 Å². The van der Waals surface area contributed by atoms with Crippen LogP contribution in [0.4, 0.5) is 5.69 Å². The summed E-state index contributed by atoms with van der Waals surface area (Å²) in [6.45, 7) is 0.281. The summed E-state index contributed by atoms with van der Waals surface area (Å²) < 4.78 is 0. The molecule has 2 rings (SSSR count). The fraction of sp³-hybridized carbons (Fsp3) is 0.421. The van der Waals surface area contributed by atoms with E-state index in [-0.39, 0.29) is 24.8 Å². The van der Waals surface area contributed by atoms with Crippen LogP contribution >= 0.6 is 0 Å². The minimum atomic E-state index is -0.323. The highest BCUT2D eigenvalue weighted by Crippen LogP contribution is 2.24. The van der Waals surface area contributed by atoms with Gasteiger partial charge < -0.3 is 10.6 Å². The minimum Gasteiger partial charge on any atom is -0.351 e. The van der Waals surface area contributed by atoms with Crippen LogP contribution in [0.1, 0.15) is 44.1 Å². The third-order valence-electron chi connectivity index (χ3n) is 4.16. The zero-order valence-electron chi connectivity index (χ0n) is 13.8. The van der Waals surface area contributed by atoms with Crippen molar-refractivity contribution in [3.63, 3.8) is 0 Å². The molecule has 1 aliphatic carbocycles. The van der Waals surface area contributed by atoms with Crippen molar-refractivity contribution in [1.82, 2.24) is 5.32 Å². The molecule has 0 heterocycles. The van der Waals surface area contributed by atoms with Crippen LogP contribution in [0, 0.1) is 17.2 Å². The van der Waals surface area contributed by atoms with Crippen molar-refractivity contribution in [3.8, 4) is 6.07 Å². The molecule has 0 aromatic heterocycles. The third-order valence-corrected chi connectivity index (χ3v) is 4.16. The zero-order chi connectivity index (χ0) is 17.2. The Hall–Kier alpha value is -2.61. The second-order valence-corrected chi connectivity index (χ2v) is 6.02. The third kappa shape index (κ3) is 5.88. The van der Waals surface area contributed by atoms with E-state index in [0.29, 0.717) is 11.6 Å². The molecule has 5 heteroatoms. The molecule has 24 heavy (non-hydrogen) atoms. The Kier molecular flexibility index (Phi) is 7.03. The first-order valence-corrected chi connectivity index (χ1v) is 8.40. The van der Waals surface area contributed by atoms with Gasteiger partial charge in [-0.2, -0.15) is 5.26 Å². The molecule has 126 valence electrons. The first-order valence-electron chi connectivity index (χ1n) is 8.40. The first-order chi connectivity index (χ1) is 11.7. The van der Waals surface area contributed by atoms with E-state index in [9.17, 15) is 9.59 Å². The van der Waals surface area contributed by atoms with Gasteiger partial charge in [0.25, 0.3) is 0 Å². The predicted molar refractivity (Wildman–Crippen MR) is 92.9 cm³/mol. The molecule has 2 N–H and O–H groups in total. The molecule has 1 fully saturated rings. The molecule has 0 radical (unpaired) electrons. The van der Waals surface area contributed by atoms with Gasteiger partial charge >= 0.3 is 0 Å². The lowest BCUT2D eigenvalue weighted by molar-refractivity contribution is -0.120. The molecule has 0 saturated heterocycles. The van der Waals surface area contributed by atoms with Gasteiger partial charge in [-0.3, -0.25) is 9.59 Å². The van der Waals surface area contributed by atoms with Crippen LogP contribution in [0.3, 0.4) is 0 Å². The van der Waals surface area contributed by atoms with Gasteiger partial charge in [0.05, 0.1) is 6.07 Å². The number of allylic oxidation sites excluding steroid dienone is 1. The van der Waals surface area contributed by atoms with E-state index in [1.165, 1.54) is 19.3 Å². The van der Waals surface area contributed by atoms with Crippen LogP contribution < -0.4 is 10.6 Å². The second-order valence-electron chi connectivity index (χ2n) is 6.02. The minimum absolute atomic E-state index is 0.156. The molecule has 5 nitrogen and oxygen atoms in total. The van der Waals surface area contributed by atoms with Crippen LogP contribution in [0.5, 0.6) is 0 Å². The largest absolute Gasteiger partial charge is 0.351 e. The van der Waals surface area contributed by atoms with Crippen molar-refractivity contribution >= 4 is 17.5 Å². The van der Waals surface area contributed by atoms with Gasteiger partial charge in [-0.05, 0) is 36.5 Å². The topological polar surface area (TPSA) is 82.0 Å². The fourth-order valence-electron chi connectivity index (χ4n) is 2.85. The maximum atomic E-state index is 12.1. The highest BCUT2D eigenvalue weighted by atomic mass is 16.2. The summed E-state index contributed by atoms with van der Waals surface area (Å²) in [6, 6.07) is 9.13. The van der Waals surface area contributed by atoms with Gasteiger partial charge in [0.1, 0.15) is 6.42 Å². The molecule has 0 atom stereocenters. The SMILES string of the molecule is N#CCC(=O)NCc1ccccc1NC(=O)/C=C/C1CCCCC1. The predicted octanol–water partition coefficient (Wildman–Crippen LogP) is 3.29. The molecule has 1 aromatic rings. The van der Waals surface area contributed by atoms with Crippen molar-refractivity contribution in [2.75, 3.05) is 5.32 Å². The van der Waals surface area contributed by atoms with Crippen molar-refractivity contribution in [2.45, 2.75) is 45.1 Å². The summed E-state index contributed by atoms with van der Waals surface area (Å²) in [7, 11) is 0. The number of hydrogen-bond acceptors (Lipinski definition) is 3. The zero-order valence-corrected chi connectivity index (χ0v) is 13.8. The number of para-hydroxylation sites is 1. The normalized spacial score (nSPS) is 15.0. The van der Waals surface area contributed by atoms with Gasteiger partial charge in [-0.15, -0.1) is 0 Å². The molecule has 0 bridgehead atoms. The van der Waals surface area contributed by atoms with Crippen LogP contribution in [-0.4, -0.2) is 11.8 Å². The van der Waals surface area contributed by atoms with Crippen LogP contribution in [0.2, 0.25) is 0 Å². The number of amides is 2. The number of nitrogens with zero attached hydrogens (tertiary/aromatic N) is 1. The molecule has 2 amide bonds. The molecular weight excluding hydrogens is 302 g/mol. The summed E-state index contributed by atoms with van der Waals surface area (Å²) in [5.41, 5.74) is 1.48. The van der Waals surface area contributed by atoms with E-state index in [2.05, 4.69) is 10.6 Å². The highest BCUT2D eigenvalue weighted by molar-refractivity contribution is 5.99. The highest BCUT2D eigenvalue weighted by Gasteiger charge is 2.11. The standard InChI is InChI=1S/C19H23N3O2/c20-13-12-18(23)21-14-16-8-4-5-9-17(16)22-19(24)11-10-15-6-2-1-3-7-15/h4-5,8-11,15H,1-3,6-7,12,14H2,(H,21,23)(H,22,24)/b11-10+. The number of rotatable bonds is 6. The number of anilines is 1. The summed E-state index contributed by atoms with van der Waals surface area (Å²) in [6.07, 6.45) is 9.53. The number of carbonyl (C=O) groups is 2. The second kappa shape index (κ2) is 9.51. The smallest absolute Gasteiger partial charge is 0.248 e. The van der Waals surface area contributed by atoms with Crippen molar-refractivity contribution in [3.05, 3.63) is 42.0 Å². The van der Waals surface area contributed by atoms with E-state index in [1.807, 2.05) is 30.3 Å². The molecular formula is C19H23N3O2. The number of hydrogen-bond donors (Lipinski definition) is 2.